The molecular weight excluding hydrogens is 378 g/mol. The number of hydrogen-bond donors (Lipinski definition) is 0. The fourth-order valence-electron chi connectivity index (χ4n) is 3.03. The molecule has 0 radical (unpaired) electrons. The Labute approximate surface area is 178 Å². The summed E-state index contributed by atoms with van der Waals surface area (Å²) in [5.41, 5.74) is 3.07. The van der Waals surface area contributed by atoms with Crippen LogP contribution in [0.3, 0.4) is 0 Å². The van der Waals surface area contributed by atoms with Gasteiger partial charge in [-0.1, -0.05) is 45.4 Å². The maximum Gasteiger partial charge on any atom is 0.363 e. The van der Waals surface area contributed by atoms with Crippen LogP contribution < -0.4 is 9.47 Å². The Morgan fingerprint density at radius 2 is 1.80 bits per heavy atom. The van der Waals surface area contributed by atoms with Crippen LogP contribution in [0.5, 0.6) is 11.5 Å². The smallest absolute Gasteiger partial charge is 0.363 e. The van der Waals surface area contributed by atoms with Gasteiger partial charge in [0.25, 0.3) is 0 Å². The Kier molecular flexibility index (Phi) is 7.28. The van der Waals surface area contributed by atoms with Gasteiger partial charge in [0.1, 0.15) is 0 Å². The Bertz CT molecular complexity index is 942. The third kappa shape index (κ3) is 5.29. The van der Waals surface area contributed by atoms with Crippen molar-refractivity contribution in [1.29, 1.82) is 0 Å². The second kappa shape index (κ2) is 10.1. The third-order valence-corrected chi connectivity index (χ3v) is 4.77. The number of nitrogens with zero attached hydrogens (tertiary/aromatic N) is 1. The number of ether oxygens (including phenoxy) is 3. The molecule has 30 heavy (non-hydrogen) atoms. The van der Waals surface area contributed by atoms with Gasteiger partial charge >= 0.3 is 5.97 Å². The van der Waals surface area contributed by atoms with Crippen LogP contribution in [0, 0.1) is 0 Å². The predicted molar refractivity (Wildman–Crippen MR) is 119 cm³/mol. The molecule has 0 saturated carbocycles. The average molecular weight is 408 g/mol. The van der Waals surface area contributed by atoms with E-state index in [1.54, 1.807) is 6.08 Å². The van der Waals surface area contributed by atoms with E-state index in [-0.39, 0.29) is 5.70 Å². The number of esters is 1. The fraction of sp³-hybridized carbons (Fsp3) is 0.360. The van der Waals surface area contributed by atoms with Gasteiger partial charge in [-0.3, -0.25) is 0 Å². The summed E-state index contributed by atoms with van der Waals surface area (Å²) < 4.78 is 16.9. The molecule has 0 aromatic heterocycles. The molecule has 2 aromatic carbocycles. The van der Waals surface area contributed by atoms with Gasteiger partial charge in [0.05, 0.1) is 13.2 Å². The minimum Gasteiger partial charge on any atom is -0.490 e. The van der Waals surface area contributed by atoms with Crippen molar-refractivity contribution in [2.75, 3.05) is 13.2 Å². The predicted octanol–water partition coefficient (Wildman–Crippen LogP) is 5.73. The van der Waals surface area contributed by atoms with E-state index in [1.165, 1.54) is 5.56 Å². The van der Waals surface area contributed by atoms with Gasteiger partial charge < -0.3 is 14.2 Å². The molecule has 0 spiro atoms. The maximum absolute atomic E-state index is 12.3. The molecule has 0 fully saturated rings. The molecular formula is C25H29NO4. The van der Waals surface area contributed by atoms with Crippen LogP contribution in [-0.4, -0.2) is 25.1 Å². The molecule has 0 aliphatic carbocycles. The van der Waals surface area contributed by atoms with Crippen molar-refractivity contribution in [2.45, 2.75) is 46.5 Å². The maximum atomic E-state index is 12.3. The van der Waals surface area contributed by atoms with E-state index in [1.807, 2.05) is 49.4 Å². The Morgan fingerprint density at radius 1 is 1.03 bits per heavy atom. The quantitative estimate of drug-likeness (QED) is 0.302. The second-order valence-corrected chi connectivity index (χ2v) is 7.45. The van der Waals surface area contributed by atoms with Crippen molar-refractivity contribution in [2.24, 2.45) is 4.99 Å². The third-order valence-electron chi connectivity index (χ3n) is 4.77. The summed E-state index contributed by atoms with van der Waals surface area (Å²) in [5, 5.41) is 0. The first-order valence-corrected chi connectivity index (χ1v) is 10.5. The summed E-state index contributed by atoms with van der Waals surface area (Å²) >= 11 is 0. The SMILES string of the molecule is CCCCOc1ccc(/C=C2\N=C(c3ccc(C(C)C)cc3)OC2=O)cc1OCC. The molecule has 0 bridgehead atoms. The van der Waals surface area contributed by atoms with E-state index in [9.17, 15) is 4.79 Å². The first-order chi connectivity index (χ1) is 14.5. The summed E-state index contributed by atoms with van der Waals surface area (Å²) in [6, 6.07) is 13.5. The van der Waals surface area contributed by atoms with Gasteiger partial charge in [-0.25, -0.2) is 9.79 Å². The highest BCUT2D eigenvalue weighted by atomic mass is 16.6. The van der Waals surface area contributed by atoms with Crippen molar-refractivity contribution in [3.05, 3.63) is 64.9 Å². The minimum atomic E-state index is -0.459. The highest BCUT2D eigenvalue weighted by molar-refractivity contribution is 6.12. The van der Waals surface area contributed by atoms with Crippen molar-refractivity contribution < 1.29 is 19.0 Å². The number of aliphatic imine (C=N–C) groups is 1. The first kappa shape index (κ1) is 21.6. The number of carbonyl (C=O) groups excluding carboxylic acids is 1. The molecule has 0 atom stereocenters. The van der Waals surface area contributed by atoms with Crippen molar-refractivity contribution in [3.8, 4) is 11.5 Å². The molecule has 0 amide bonds. The molecule has 1 aliphatic rings. The summed E-state index contributed by atoms with van der Waals surface area (Å²) in [5.74, 6) is 1.67. The first-order valence-electron chi connectivity index (χ1n) is 10.5. The van der Waals surface area contributed by atoms with Gasteiger partial charge in [0, 0.05) is 5.56 Å². The summed E-state index contributed by atoms with van der Waals surface area (Å²) in [7, 11) is 0. The van der Waals surface area contributed by atoms with E-state index in [2.05, 4.69) is 25.8 Å². The normalized spacial score (nSPS) is 14.8. The number of benzene rings is 2. The van der Waals surface area contributed by atoms with Gasteiger partial charge in [-0.15, -0.1) is 0 Å². The Morgan fingerprint density at radius 3 is 2.47 bits per heavy atom. The molecule has 2 aromatic rings. The molecule has 1 heterocycles. The molecule has 158 valence electrons. The minimum absolute atomic E-state index is 0.264. The number of cyclic esters (lactones) is 1. The van der Waals surface area contributed by atoms with Gasteiger partial charge in [-0.2, -0.15) is 0 Å². The molecule has 3 rings (SSSR count). The second-order valence-electron chi connectivity index (χ2n) is 7.45. The highest BCUT2D eigenvalue weighted by Gasteiger charge is 2.24. The fourth-order valence-corrected chi connectivity index (χ4v) is 3.03. The van der Waals surface area contributed by atoms with E-state index in [0.717, 1.165) is 24.0 Å². The zero-order valence-electron chi connectivity index (χ0n) is 18.1. The lowest BCUT2D eigenvalue weighted by atomic mass is 10.0. The van der Waals surface area contributed by atoms with Gasteiger partial charge in [0.2, 0.25) is 5.90 Å². The van der Waals surface area contributed by atoms with Gasteiger partial charge in [-0.05, 0) is 60.7 Å². The summed E-state index contributed by atoms with van der Waals surface area (Å²) in [4.78, 5) is 16.7. The standard InChI is InChI=1S/C25H29NO4/c1-5-7-14-29-22-13-8-18(16-23(22)28-6-2)15-21-25(27)30-24(26-21)20-11-9-19(10-12-20)17(3)4/h8-13,15-17H,5-7,14H2,1-4H3/b21-15-. The highest BCUT2D eigenvalue weighted by Crippen LogP contribution is 2.30. The van der Waals surface area contributed by atoms with Crippen LogP contribution in [0.15, 0.2) is 53.2 Å². The molecule has 1 aliphatic heterocycles. The largest absolute Gasteiger partial charge is 0.490 e. The van der Waals surface area contributed by atoms with E-state index in [4.69, 9.17) is 14.2 Å². The lowest BCUT2D eigenvalue weighted by Gasteiger charge is -2.12. The van der Waals surface area contributed by atoms with E-state index >= 15 is 0 Å². The van der Waals surface area contributed by atoms with Crippen molar-refractivity contribution in [3.63, 3.8) is 0 Å². The molecule has 5 nitrogen and oxygen atoms in total. The van der Waals surface area contributed by atoms with Gasteiger partial charge in [0.15, 0.2) is 17.2 Å². The lowest BCUT2D eigenvalue weighted by molar-refractivity contribution is -0.129. The Balaban J connectivity index is 1.82. The Hall–Kier alpha value is -3.08. The molecule has 0 saturated heterocycles. The average Bonchev–Trinajstić information content (AvgIpc) is 3.10. The number of rotatable bonds is 9. The summed E-state index contributed by atoms with van der Waals surface area (Å²) in [6.07, 6.45) is 3.76. The van der Waals surface area contributed by atoms with Crippen LogP contribution >= 0.6 is 0 Å². The van der Waals surface area contributed by atoms with Crippen LogP contribution in [0.1, 0.15) is 63.1 Å². The molecule has 0 unspecified atom stereocenters. The topological polar surface area (TPSA) is 57.1 Å². The number of carbonyl (C=O) groups is 1. The number of hydrogen-bond acceptors (Lipinski definition) is 5. The zero-order chi connectivity index (χ0) is 21.5. The lowest BCUT2D eigenvalue weighted by Crippen LogP contribution is -2.05. The van der Waals surface area contributed by atoms with Crippen molar-refractivity contribution >= 4 is 17.9 Å². The van der Waals surface area contributed by atoms with Crippen LogP contribution in [0.25, 0.3) is 6.08 Å². The number of unbranched alkanes of at least 4 members (excludes halogenated alkanes) is 1. The molecule has 0 N–H and O–H groups in total. The monoisotopic (exact) mass is 407 g/mol. The zero-order valence-corrected chi connectivity index (χ0v) is 18.1. The summed E-state index contributed by atoms with van der Waals surface area (Å²) in [6.45, 7) is 9.50. The van der Waals surface area contributed by atoms with E-state index in [0.29, 0.717) is 36.5 Å². The van der Waals surface area contributed by atoms with Crippen LogP contribution in [-0.2, 0) is 9.53 Å². The van der Waals surface area contributed by atoms with Crippen molar-refractivity contribution in [1.82, 2.24) is 0 Å². The van der Waals surface area contributed by atoms with E-state index < -0.39 is 5.97 Å². The molecule has 5 heteroatoms. The van der Waals surface area contributed by atoms with Crippen LogP contribution in [0.4, 0.5) is 0 Å². The van der Waals surface area contributed by atoms with Crippen LogP contribution in [0.2, 0.25) is 0 Å².